The summed E-state index contributed by atoms with van der Waals surface area (Å²) in [7, 11) is 0. The predicted octanol–water partition coefficient (Wildman–Crippen LogP) is 0.180. The Morgan fingerprint density at radius 2 is 1.45 bits per heavy atom. The third kappa shape index (κ3) is 9.70. The molecule has 0 saturated heterocycles. The highest BCUT2D eigenvalue weighted by molar-refractivity contribution is 5.86. The fourth-order valence-electron chi connectivity index (χ4n) is 2.21. The van der Waals surface area contributed by atoms with Gasteiger partial charge in [0.25, 0.3) is 0 Å². The first-order valence-corrected chi connectivity index (χ1v) is 8.11. The van der Waals surface area contributed by atoms with Crippen LogP contribution in [0.5, 0.6) is 0 Å². The van der Waals surface area contributed by atoms with Gasteiger partial charge >= 0.3 is 5.97 Å². The predicted molar refractivity (Wildman–Crippen MR) is 87.4 cm³/mol. The Morgan fingerprint density at radius 3 is 1.86 bits per heavy atom. The molecule has 0 aromatic heterocycles. The summed E-state index contributed by atoms with van der Waals surface area (Å²) in [5, 5.41) is 15.0. The van der Waals surface area contributed by atoms with E-state index in [4.69, 9.17) is 11.5 Å². The number of aliphatic carboxylic acids is 1. The number of rotatable bonds is 13. The largest absolute Gasteiger partial charge is 0.480 e. The fourth-order valence-corrected chi connectivity index (χ4v) is 2.21. The molecule has 22 heavy (non-hydrogen) atoms. The van der Waals surface area contributed by atoms with Crippen LogP contribution in [0.25, 0.3) is 0 Å². The average Bonchev–Trinajstić information content (AvgIpc) is 2.44. The zero-order chi connectivity index (χ0) is 17.0. The lowest BCUT2D eigenvalue weighted by atomic mass is 10.1. The van der Waals surface area contributed by atoms with Crippen molar-refractivity contribution >= 4 is 11.9 Å². The average molecular weight is 316 g/mol. The molecule has 7 nitrogen and oxygen atoms in total. The quantitative estimate of drug-likeness (QED) is 0.308. The van der Waals surface area contributed by atoms with E-state index in [1.54, 1.807) is 0 Å². The van der Waals surface area contributed by atoms with Crippen LogP contribution in [0.2, 0.25) is 0 Å². The molecule has 0 aromatic carbocycles. The molecule has 7 N–H and O–H groups in total. The van der Waals surface area contributed by atoms with E-state index in [-0.39, 0.29) is 18.0 Å². The van der Waals surface area contributed by atoms with Crippen molar-refractivity contribution in [3.05, 3.63) is 0 Å². The van der Waals surface area contributed by atoms with E-state index in [1.807, 2.05) is 13.8 Å². The zero-order valence-electron chi connectivity index (χ0n) is 13.8. The number of nitrogens with two attached hydrogens (primary N) is 2. The minimum Gasteiger partial charge on any atom is -0.480 e. The molecule has 0 aliphatic heterocycles. The molecule has 0 aliphatic rings. The number of nitrogens with one attached hydrogen (secondary N) is 2. The summed E-state index contributed by atoms with van der Waals surface area (Å²) in [6.07, 6.45) is 4.17. The first-order chi connectivity index (χ1) is 10.4. The van der Waals surface area contributed by atoms with Crippen LogP contribution in [0, 0.1) is 0 Å². The number of carbonyl (C=O) groups excluding carboxylic acids is 1. The lowest BCUT2D eigenvalue weighted by Crippen LogP contribution is -2.51. The number of hydrogen-bond donors (Lipinski definition) is 5. The van der Waals surface area contributed by atoms with Crippen LogP contribution in [0.3, 0.4) is 0 Å². The molecule has 0 aromatic rings. The van der Waals surface area contributed by atoms with Gasteiger partial charge in [-0.25, -0.2) is 4.79 Å². The first-order valence-electron chi connectivity index (χ1n) is 8.11. The Hall–Kier alpha value is -1.18. The SMILES string of the molecule is CC(C)N[C@H](CCCCN)C(=O)N[C@H](CCCCN)C(=O)O. The molecule has 2 atom stereocenters. The van der Waals surface area contributed by atoms with Crippen molar-refractivity contribution in [3.8, 4) is 0 Å². The van der Waals surface area contributed by atoms with Gasteiger partial charge in [-0.3, -0.25) is 4.79 Å². The molecule has 0 radical (unpaired) electrons. The fraction of sp³-hybridized carbons (Fsp3) is 0.867. The number of carbonyl (C=O) groups is 2. The van der Waals surface area contributed by atoms with E-state index in [0.29, 0.717) is 32.4 Å². The highest BCUT2D eigenvalue weighted by atomic mass is 16.4. The van der Waals surface area contributed by atoms with Crippen molar-refractivity contribution in [2.24, 2.45) is 11.5 Å². The summed E-state index contributed by atoms with van der Waals surface area (Å²) in [4.78, 5) is 23.6. The van der Waals surface area contributed by atoms with Gasteiger partial charge in [0, 0.05) is 6.04 Å². The Labute approximate surface area is 133 Å². The van der Waals surface area contributed by atoms with Crippen molar-refractivity contribution in [2.75, 3.05) is 13.1 Å². The minimum atomic E-state index is -1.00. The van der Waals surface area contributed by atoms with Crippen LogP contribution < -0.4 is 22.1 Å². The van der Waals surface area contributed by atoms with Gasteiger partial charge in [-0.2, -0.15) is 0 Å². The van der Waals surface area contributed by atoms with Crippen molar-refractivity contribution in [2.45, 2.75) is 70.5 Å². The molecule has 0 saturated carbocycles. The molecular formula is C15H32N4O3. The molecular weight excluding hydrogens is 284 g/mol. The van der Waals surface area contributed by atoms with E-state index >= 15 is 0 Å². The van der Waals surface area contributed by atoms with Gasteiger partial charge in [0.1, 0.15) is 6.04 Å². The van der Waals surface area contributed by atoms with Crippen LogP contribution in [-0.4, -0.2) is 48.2 Å². The Morgan fingerprint density at radius 1 is 0.955 bits per heavy atom. The molecule has 0 unspecified atom stereocenters. The monoisotopic (exact) mass is 316 g/mol. The van der Waals surface area contributed by atoms with Crippen LogP contribution in [0.15, 0.2) is 0 Å². The third-order valence-electron chi connectivity index (χ3n) is 3.36. The maximum absolute atomic E-state index is 12.3. The lowest BCUT2D eigenvalue weighted by molar-refractivity contribution is -0.142. The van der Waals surface area contributed by atoms with Crippen LogP contribution in [0.1, 0.15) is 52.4 Å². The van der Waals surface area contributed by atoms with E-state index in [0.717, 1.165) is 19.3 Å². The van der Waals surface area contributed by atoms with Gasteiger partial charge in [-0.1, -0.05) is 20.3 Å². The van der Waals surface area contributed by atoms with Crippen LogP contribution in [-0.2, 0) is 9.59 Å². The van der Waals surface area contributed by atoms with Crippen molar-refractivity contribution in [1.82, 2.24) is 10.6 Å². The third-order valence-corrected chi connectivity index (χ3v) is 3.36. The van der Waals surface area contributed by atoms with Gasteiger partial charge in [-0.15, -0.1) is 0 Å². The highest BCUT2D eigenvalue weighted by Gasteiger charge is 2.25. The molecule has 1 amide bonds. The maximum atomic E-state index is 12.3. The summed E-state index contributed by atoms with van der Waals surface area (Å²) in [6.45, 7) is 5.03. The molecule has 0 aliphatic carbocycles. The van der Waals surface area contributed by atoms with Crippen molar-refractivity contribution < 1.29 is 14.7 Å². The smallest absolute Gasteiger partial charge is 0.326 e. The second-order valence-corrected chi connectivity index (χ2v) is 5.84. The molecule has 7 heteroatoms. The van der Waals surface area contributed by atoms with Crippen molar-refractivity contribution in [3.63, 3.8) is 0 Å². The van der Waals surface area contributed by atoms with Gasteiger partial charge in [0.05, 0.1) is 6.04 Å². The molecule has 0 bridgehead atoms. The molecule has 0 spiro atoms. The molecule has 0 rings (SSSR count). The maximum Gasteiger partial charge on any atom is 0.326 e. The summed E-state index contributed by atoms with van der Waals surface area (Å²) in [5.41, 5.74) is 10.9. The second-order valence-electron chi connectivity index (χ2n) is 5.84. The van der Waals surface area contributed by atoms with Gasteiger partial charge in [-0.05, 0) is 45.2 Å². The number of carboxylic acids is 1. The van der Waals surface area contributed by atoms with E-state index < -0.39 is 12.0 Å². The number of amides is 1. The highest BCUT2D eigenvalue weighted by Crippen LogP contribution is 2.05. The summed E-state index contributed by atoms with van der Waals surface area (Å²) in [5.74, 6) is -1.26. The number of hydrogen-bond acceptors (Lipinski definition) is 5. The number of carboxylic acid groups (broad SMARTS) is 1. The van der Waals surface area contributed by atoms with E-state index in [9.17, 15) is 14.7 Å². The Balaban J connectivity index is 4.55. The van der Waals surface area contributed by atoms with Gasteiger partial charge in [0.15, 0.2) is 0 Å². The van der Waals surface area contributed by atoms with Crippen LogP contribution in [0.4, 0.5) is 0 Å². The van der Waals surface area contributed by atoms with E-state index in [2.05, 4.69) is 10.6 Å². The molecule has 0 heterocycles. The van der Waals surface area contributed by atoms with Gasteiger partial charge < -0.3 is 27.2 Å². The topological polar surface area (TPSA) is 130 Å². The van der Waals surface area contributed by atoms with Gasteiger partial charge in [0.2, 0.25) is 5.91 Å². The minimum absolute atomic E-state index is 0.147. The van der Waals surface area contributed by atoms with Crippen LogP contribution >= 0.6 is 0 Å². The lowest BCUT2D eigenvalue weighted by Gasteiger charge is -2.23. The number of unbranched alkanes of at least 4 members (excludes halogenated alkanes) is 2. The zero-order valence-corrected chi connectivity index (χ0v) is 13.8. The Kier molecular flexibility index (Phi) is 11.7. The molecule has 130 valence electrons. The molecule has 0 fully saturated rings. The normalized spacial score (nSPS) is 13.9. The second kappa shape index (κ2) is 12.4. The standard InChI is InChI=1S/C15H32N4O3/c1-11(2)18-12(7-3-5-9-16)14(20)19-13(15(21)22)8-4-6-10-17/h11-13,18H,3-10,16-17H2,1-2H3,(H,19,20)(H,21,22)/t12-,13-/m1/s1. The summed E-state index contributed by atoms with van der Waals surface area (Å²) in [6, 6.07) is -1.10. The Bertz CT molecular complexity index is 324. The summed E-state index contributed by atoms with van der Waals surface area (Å²) < 4.78 is 0. The summed E-state index contributed by atoms with van der Waals surface area (Å²) >= 11 is 0. The van der Waals surface area contributed by atoms with E-state index in [1.165, 1.54) is 0 Å². The van der Waals surface area contributed by atoms with Crippen molar-refractivity contribution in [1.29, 1.82) is 0 Å². The first kappa shape index (κ1) is 20.8.